The van der Waals surface area contributed by atoms with Crippen molar-refractivity contribution in [1.82, 2.24) is 0 Å². The molecule has 0 aromatic heterocycles. The number of hydrogen-bond acceptors (Lipinski definition) is 2. The van der Waals surface area contributed by atoms with Crippen LogP contribution >= 0.6 is 23.5 Å². The van der Waals surface area contributed by atoms with Gasteiger partial charge in [-0.25, -0.2) is 0 Å². The second-order valence-corrected chi connectivity index (χ2v) is 6.81. The van der Waals surface area contributed by atoms with Crippen molar-refractivity contribution in [3.63, 3.8) is 0 Å². The van der Waals surface area contributed by atoms with Crippen LogP contribution in [0.15, 0.2) is 0 Å². The summed E-state index contributed by atoms with van der Waals surface area (Å²) in [5, 5.41) is -0.0177. The molecular formula is C7H16BrO3P. The summed E-state index contributed by atoms with van der Waals surface area (Å²) in [5.41, 5.74) is -0.557. The molecule has 1 atom stereocenters. The van der Waals surface area contributed by atoms with Crippen molar-refractivity contribution < 1.29 is 14.0 Å². The second-order valence-electron chi connectivity index (χ2n) is 3.61. The summed E-state index contributed by atoms with van der Waals surface area (Å²) in [4.78, 5) is 9.19. The van der Waals surface area contributed by atoms with E-state index >= 15 is 0 Å². The SMILES string of the molecule is CC(C)C(C)(C)OP(=O)(O)CBr. The van der Waals surface area contributed by atoms with Gasteiger partial charge in [-0.2, -0.15) is 0 Å². The molecule has 0 radical (unpaired) electrons. The third-order valence-electron chi connectivity index (χ3n) is 1.92. The van der Waals surface area contributed by atoms with Gasteiger partial charge in [-0.3, -0.25) is 4.57 Å². The van der Waals surface area contributed by atoms with E-state index in [4.69, 9.17) is 4.52 Å². The molecule has 1 unspecified atom stereocenters. The largest absolute Gasteiger partial charge is 0.339 e. The molecule has 0 spiro atoms. The molecule has 5 heteroatoms. The zero-order valence-electron chi connectivity index (χ0n) is 7.87. The third kappa shape index (κ3) is 4.04. The van der Waals surface area contributed by atoms with Crippen molar-refractivity contribution in [2.24, 2.45) is 5.92 Å². The zero-order chi connectivity index (χ0) is 9.99. The summed E-state index contributed by atoms with van der Waals surface area (Å²) in [6.07, 6.45) is 0. The quantitative estimate of drug-likeness (QED) is 0.623. The van der Waals surface area contributed by atoms with E-state index in [1.807, 2.05) is 27.7 Å². The minimum Gasteiger partial charge on any atom is -0.324 e. The molecule has 0 aliphatic rings. The number of hydrogen-bond donors (Lipinski definition) is 1. The maximum atomic E-state index is 11.2. The monoisotopic (exact) mass is 258 g/mol. The molecule has 74 valence electrons. The number of alkyl halides is 1. The lowest BCUT2D eigenvalue weighted by molar-refractivity contribution is 0.0490. The van der Waals surface area contributed by atoms with Crippen LogP contribution in [0.4, 0.5) is 0 Å². The normalized spacial score (nSPS) is 17.9. The Labute approximate surface area is 82.2 Å². The first-order valence-corrected chi connectivity index (χ1v) is 6.68. The topological polar surface area (TPSA) is 46.5 Å². The molecule has 12 heavy (non-hydrogen) atoms. The van der Waals surface area contributed by atoms with Gasteiger partial charge in [0.05, 0.1) is 5.60 Å². The van der Waals surface area contributed by atoms with E-state index in [2.05, 4.69) is 15.9 Å². The van der Waals surface area contributed by atoms with Gasteiger partial charge in [0, 0.05) is 0 Å². The molecule has 0 rings (SSSR count). The van der Waals surface area contributed by atoms with Crippen LogP contribution in [0.3, 0.4) is 0 Å². The molecule has 0 aliphatic carbocycles. The van der Waals surface area contributed by atoms with Crippen molar-refractivity contribution in [2.45, 2.75) is 33.3 Å². The Bertz CT molecular complexity index is 191. The minimum absolute atomic E-state index is 0.0177. The molecule has 1 N–H and O–H groups in total. The Morgan fingerprint density at radius 3 is 2.25 bits per heavy atom. The highest BCUT2D eigenvalue weighted by Crippen LogP contribution is 2.48. The van der Waals surface area contributed by atoms with Crippen LogP contribution in [-0.4, -0.2) is 15.6 Å². The Morgan fingerprint density at radius 1 is 1.58 bits per heavy atom. The van der Waals surface area contributed by atoms with E-state index in [1.165, 1.54) is 0 Å². The lowest BCUT2D eigenvalue weighted by Crippen LogP contribution is -2.29. The van der Waals surface area contributed by atoms with Gasteiger partial charge in [0.1, 0.15) is 5.07 Å². The van der Waals surface area contributed by atoms with Crippen molar-refractivity contribution >= 4 is 23.5 Å². The first-order valence-electron chi connectivity index (χ1n) is 3.80. The minimum atomic E-state index is -3.43. The van der Waals surface area contributed by atoms with Crippen molar-refractivity contribution in [2.75, 3.05) is 5.07 Å². The molecule has 0 aromatic rings. The van der Waals surface area contributed by atoms with Crippen LogP contribution in [-0.2, 0) is 9.09 Å². The Hall–Kier alpha value is 0.630. The Morgan fingerprint density at radius 2 is 2.00 bits per heavy atom. The van der Waals surface area contributed by atoms with E-state index in [9.17, 15) is 9.46 Å². The van der Waals surface area contributed by atoms with Crippen molar-refractivity contribution in [3.05, 3.63) is 0 Å². The van der Waals surface area contributed by atoms with E-state index in [0.29, 0.717) is 0 Å². The van der Waals surface area contributed by atoms with Gasteiger partial charge in [-0.15, -0.1) is 0 Å². The van der Waals surface area contributed by atoms with Gasteiger partial charge < -0.3 is 9.42 Å². The molecule has 0 aliphatic heterocycles. The molecule has 0 saturated carbocycles. The molecule has 0 fully saturated rings. The molecular weight excluding hydrogens is 243 g/mol. The van der Waals surface area contributed by atoms with Gasteiger partial charge >= 0.3 is 7.60 Å². The van der Waals surface area contributed by atoms with E-state index in [-0.39, 0.29) is 11.0 Å². The standard InChI is InChI=1S/C7H16BrO3P/c1-6(2)7(3,4)11-12(9,10)5-8/h6H,5H2,1-4H3,(H,9,10). The van der Waals surface area contributed by atoms with Gasteiger partial charge in [-0.1, -0.05) is 29.8 Å². The molecule has 3 nitrogen and oxygen atoms in total. The average molecular weight is 259 g/mol. The van der Waals surface area contributed by atoms with Crippen molar-refractivity contribution in [1.29, 1.82) is 0 Å². The van der Waals surface area contributed by atoms with Gasteiger partial charge in [0.25, 0.3) is 0 Å². The lowest BCUT2D eigenvalue weighted by Gasteiger charge is -2.30. The fourth-order valence-electron chi connectivity index (χ4n) is 0.497. The van der Waals surface area contributed by atoms with Gasteiger partial charge in [-0.05, 0) is 19.8 Å². The van der Waals surface area contributed by atoms with Crippen LogP contribution in [0.5, 0.6) is 0 Å². The summed E-state index contributed by atoms with van der Waals surface area (Å²) < 4.78 is 16.3. The molecule has 0 heterocycles. The van der Waals surface area contributed by atoms with Gasteiger partial charge in [0.2, 0.25) is 0 Å². The number of halogens is 1. The first-order chi connectivity index (χ1) is 5.21. The predicted molar refractivity (Wildman–Crippen MR) is 53.6 cm³/mol. The van der Waals surface area contributed by atoms with E-state index in [1.54, 1.807) is 0 Å². The first kappa shape index (κ1) is 12.6. The predicted octanol–water partition coefficient (Wildman–Crippen LogP) is 2.98. The van der Waals surface area contributed by atoms with Crippen LogP contribution in [0.1, 0.15) is 27.7 Å². The molecule has 0 saturated heterocycles. The maximum absolute atomic E-state index is 11.2. The second kappa shape index (κ2) is 4.23. The Kier molecular flexibility index (Phi) is 4.45. The Balaban J connectivity index is 4.34. The fourth-order valence-corrected chi connectivity index (χ4v) is 1.80. The van der Waals surface area contributed by atoms with E-state index in [0.717, 1.165) is 0 Å². The number of rotatable bonds is 4. The zero-order valence-corrected chi connectivity index (χ0v) is 10.4. The van der Waals surface area contributed by atoms with Crippen LogP contribution in [0, 0.1) is 5.92 Å². The molecule has 0 amide bonds. The summed E-state index contributed by atoms with van der Waals surface area (Å²) in [5.74, 6) is 0.206. The summed E-state index contributed by atoms with van der Waals surface area (Å²) in [7, 11) is -3.43. The summed E-state index contributed by atoms with van der Waals surface area (Å²) in [6.45, 7) is 7.52. The molecule has 0 bridgehead atoms. The van der Waals surface area contributed by atoms with Crippen LogP contribution < -0.4 is 0 Å². The van der Waals surface area contributed by atoms with Gasteiger partial charge in [0.15, 0.2) is 0 Å². The molecule has 0 aromatic carbocycles. The summed E-state index contributed by atoms with van der Waals surface area (Å²) in [6, 6.07) is 0. The third-order valence-corrected chi connectivity index (χ3v) is 4.88. The highest BCUT2D eigenvalue weighted by Gasteiger charge is 2.32. The maximum Gasteiger partial charge on any atom is 0.339 e. The highest BCUT2D eigenvalue weighted by molar-refractivity contribution is 9.10. The van der Waals surface area contributed by atoms with Crippen LogP contribution in [0.2, 0.25) is 0 Å². The highest BCUT2D eigenvalue weighted by atomic mass is 79.9. The summed E-state index contributed by atoms with van der Waals surface area (Å²) >= 11 is 2.93. The van der Waals surface area contributed by atoms with E-state index < -0.39 is 13.2 Å². The van der Waals surface area contributed by atoms with Crippen molar-refractivity contribution in [3.8, 4) is 0 Å². The lowest BCUT2D eigenvalue weighted by atomic mass is 9.95. The van der Waals surface area contributed by atoms with Crippen LogP contribution in [0.25, 0.3) is 0 Å². The fraction of sp³-hybridized carbons (Fsp3) is 1.00. The smallest absolute Gasteiger partial charge is 0.324 e. The average Bonchev–Trinajstić information content (AvgIpc) is 1.85.